The maximum absolute atomic E-state index is 13.1. The van der Waals surface area contributed by atoms with Gasteiger partial charge in [-0.2, -0.15) is 0 Å². The number of rotatable bonds is 3. The summed E-state index contributed by atoms with van der Waals surface area (Å²) in [5, 5.41) is 3.32. The fourth-order valence-electron chi connectivity index (χ4n) is 4.09. The van der Waals surface area contributed by atoms with Crippen molar-refractivity contribution in [1.82, 2.24) is 19.8 Å². The van der Waals surface area contributed by atoms with Gasteiger partial charge in [-0.15, -0.1) is 24.8 Å². The molecular weight excluding hydrogens is 415 g/mol. The zero-order valence-electron chi connectivity index (χ0n) is 16.3. The van der Waals surface area contributed by atoms with Crippen LogP contribution in [-0.4, -0.2) is 59.6 Å². The average molecular weight is 441 g/mol. The molecular formula is C20H26Cl2N4O3. The van der Waals surface area contributed by atoms with Gasteiger partial charge >= 0.3 is 5.97 Å². The number of hydrogen-bond donors (Lipinski definition) is 1. The molecule has 4 rings (SSSR count). The smallest absolute Gasteiger partial charge is 0.318 e. The number of ether oxygens (including phenoxy) is 1. The molecule has 0 bridgehead atoms. The molecule has 1 amide bonds. The van der Waals surface area contributed by atoms with Crippen molar-refractivity contribution in [3.05, 3.63) is 53.6 Å². The number of methoxy groups -OCH3 is 1. The van der Waals surface area contributed by atoms with Crippen LogP contribution in [0.2, 0.25) is 0 Å². The summed E-state index contributed by atoms with van der Waals surface area (Å²) in [4.78, 5) is 32.0. The van der Waals surface area contributed by atoms with Crippen LogP contribution >= 0.6 is 24.8 Å². The summed E-state index contributed by atoms with van der Waals surface area (Å²) in [7, 11) is 1.40. The first-order chi connectivity index (χ1) is 13.1. The molecule has 7 nitrogen and oxygen atoms in total. The van der Waals surface area contributed by atoms with Crippen LogP contribution in [0.15, 0.2) is 36.5 Å². The highest BCUT2D eigenvalue weighted by atomic mass is 35.5. The number of nitrogens with zero attached hydrogens (tertiary/aromatic N) is 3. The Labute approximate surface area is 182 Å². The normalized spacial score (nSPS) is 20.7. The lowest BCUT2D eigenvalue weighted by atomic mass is 9.79. The van der Waals surface area contributed by atoms with Crippen molar-refractivity contribution in [2.45, 2.75) is 24.8 Å². The van der Waals surface area contributed by atoms with Crippen LogP contribution in [-0.2, 0) is 27.9 Å². The molecule has 2 aromatic rings. The van der Waals surface area contributed by atoms with E-state index >= 15 is 0 Å². The van der Waals surface area contributed by atoms with E-state index in [4.69, 9.17) is 4.74 Å². The lowest BCUT2D eigenvalue weighted by Crippen LogP contribution is -2.41. The van der Waals surface area contributed by atoms with Crippen LogP contribution in [0, 0.1) is 0 Å². The van der Waals surface area contributed by atoms with E-state index in [1.165, 1.54) is 7.11 Å². The van der Waals surface area contributed by atoms with Crippen molar-refractivity contribution in [3.63, 3.8) is 0 Å². The van der Waals surface area contributed by atoms with Gasteiger partial charge in [0.1, 0.15) is 16.9 Å². The van der Waals surface area contributed by atoms with Crippen molar-refractivity contribution in [1.29, 1.82) is 0 Å². The molecule has 3 heterocycles. The summed E-state index contributed by atoms with van der Waals surface area (Å²) in [5.74, 6) is 0.519. The zero-order valence-corrected chi connectivity index (χ0v) is 17.9. The molecule has 1 aromatic carbocycles. The fourth-order valence-corrected chi connectivity index (χ4v) is 4.09. The molecule has 1 N–H and O–H groups in total. The highest BCUT2D eigenvalue weighted by molar-refractivity contribution is 5.94. The predicted octanol–water partition coefficient (Wildman–Crippen LogP) is 1.83. The van der Waals surface area contributed by atoms with E-state index in [0.717, 1.165) is 37.4 Å². The molecule has 0 aliphatic carbocycles. The van der Waals surface area contributed by atoms with Gasteiger partial charge in [-0.25, -0.2) is 4.98 Å². The molecule has 0 saturated carbocycles. The Morgan fingerprint density at radius 1 is 1.14 bits per heavy atom. The van der Waals surface area contributed by atoms with Gasteiger partial charge < -0.3 is 19.5 Å². The lowest BCUT2D eigenvalue weighted by Gasteiger charge is -2.26. The van der Waals surface area contributed by atoms with Gasteiger partial charge in [0.2, 0.25) is 0 Å². The minimum Gasteiger partial charge on any atom is -0.468 e. The molecule has 1 aromatic heterocycles. The third-order valence-electron chi connectivity index (χ3n) is 5.59. The van der Waals surface area contributed by atoms with E-state index in [1.807, 2.05) is 41.1 Å². The Bertz CT molecular complexity index is 835. The Balaban J connectivity index is 0.00000150. The van der Waals surface area contributed by atoms with E-state index < -0.39 is 5.41 Å². The van der Waals surface area contributed by atoms with Crippen molar-refractivity contribution < 1.29 is 14.3 Å². The molecule has 1 atom stereocenters. The van der Waals surface area contributed by atoms with Crippen LogP contribution in [0.5, 0.6) is 0 Å². The van der Waals surface area contributed by atoms with Gasteiger partial charge in [-0.05, 0) is 12.0 Å². The summed E-state index contributed by atoms with van der Waals surface area (Å²) in [6.07, 6.45) is 3.20. The minimum absolute atomic E-state index is 0. The minimum atomic E-state index is -0.813. The number of carbonyl (C=O) groups is 2. The van der Waals surface area contributed by atoms with Crippen LogP contribution in [0.25, 0.3) is 0 Å². The average Bonchev–Trinajstić information content (AvgIpc) is 3.28. The third-order valence-corrected chi connectivity index (χ3v) is 5.59. The molecule has 0 spiro atoms. The van der Waals surface area contributed by atoms with Gasteiger partial charge in [0.15, 0.2) is 0 Å². The second-order valence-electron chi connectivity index (χ2n) is 7.15. The maximum atomic E-state index is 13.1. The van der Waals surface area contributed by atoms with Crippen LogP contribution in [0.1, 0.15) is 28.3 Å². The zero-order chi connectivity index (χ0) is 18.9. The number of halogens is 2. The molecule has 2 aliphatic rings. The first-order valence-electron chi connectivity index (χ1n) is 9.34. The highest BCUT2D eigenvalue weighted by Crippen LogP contribution is 2.36. The third kappa shape index (κ3) is 4.27. The number of amides is 1. The lowest BCUT2D eigenvalue weighted by molar-refractivity contribution is -0.147. The summed E-state index contributed by atoms with van der Waals surface area (Å²) >= 11 is 0. The van der Waals surface area contributed by atoms with Crippen molar-refractivity contribution in [2.75, 3.05) is 33.3 Å². The van der Waals surface area contributed by atoms with Crippen LogP contribution < -0.4 is 5.32 Å². The molecule has 2 aliphatic heterocycles. The largest absolute Gasteiger partial charge is 0.468 e. The van der Waals surface area contributed by atoms with Gasteiger partial charge in [0, 0.05) is 45.3 Å². The number of aromatic nitrogens is 2. The molecule has 158 valence electrons. The standard InChI is InChI=1S/C20H24N4O3.2ClH/c1-27-19(26)20(15-5-3-2-4-6-15)8-11-24(14-20)18(25)16-13-23-12-10-21-9-7-17(23)22-16;;/h2-6,13,21H,7-12,14H2,1H3;2*1H. The van der Waals surface area contributed by atoms with Gasteiger partial charge in [-0.1, -0.05) is 30.3 Å². The number of benzene rings is 1. The summed E-state index contributed by atoms with van der Waals surface area (Å²) in [6.45, 7) is 3.37. The first-order valence-corrected chi connectivity index (χ1v) is 9.34. The number of nitrogens with one attached hydrogen (secondary N) is 1. The topological polar surface area (TPSA) is 76.5 Å². The van der Waals surface area contributed by atoms with Crippen molar-refractivity contribution in [3.8, 4) is 0 Å². The van der Waals surface area contributed by atoms with Crippen molar-refractivity contribution in [2.24, 2.45) is 0 Å². The number of likely N-dealkylation sites (tertiary alicyclic amines) is 1. The molecule has 1 fully saturated rings. The SMILES string of the molecule is COC(=O)C1(c2ccccc2)CCN(C(=O)c2cn3c(n2)CCNCC3)C1.Cl.Cl. The number of carbonyl (C=O) groups excluding carboxylic acids is 2. The number of imidazole rings is 1. The van der Waals surface area contributed by atoms with E-state index in [1.54, 1.807) is 4.90 Å². The Morgan fingerprint density at radius 3 is 2.62 bits per heavy atom. The van der Waals surface area contributed by atoms with E-state index in [2.05, 4.69) is 10.3 Å². The van der Waals surface area contributed by atoms with Gasteiger partial charge in [0.25, 0.3) is 5.91 Å². The van der Waals surface area contributed by atoms with Gasteiger partial charge in [0.05, 0.1) is 7.11 Å². The monoisotopic (exact) mass is 440 g/mol. The number of fused-ring (bicyclic) bond motifs is 1. The first kappa shape index (κ1) is 23.2. The maximum Gasteiger partial charge on any atom is 0.318 e. The number of hydrogen-bond acceptors (Lipinski definition) is 5. The van der Waals surface area contributed by atoms with Crippen molar-refractivity contribution >= 4 is 36.7 Å². The molecule has 29 heavy (non-hydrogen) atoms. The second-order valence-corrected chi connectivity index (χ2v) is 7.15. The quantitative estimate of drug-likeness (QED) is 0.736. The summed E-state index contributed by atoms with van der Waals surface area (Å²) < 4.78 is 7.15. The van der Waals surface area contributed by atoms with E-state index in [0.29, 0.717) is 25.2 Å². The fraction of sp³-hybridized carbons (Fsp3) is 0.450. The summed E-state index contributed by atoms with van der Waals surface area (Å²) in [6, 6.07) is 9.59. The highest BCUT2D eigenvalue weighted by Gasteiger charge is 2.48. The molecule has 1 unspecified atom stereocenters. The summed E-state index contributed by atoms with van der Waals surface area (Å²) in [5.41, 5.74) is 0.534. The van der Waals surface area contributed by atoms with E-state index in [9.17, 15) is 9.59 Å². The predicted molar refractivity (Wildman–Crippen MR) is 114 cm³/mol. The Morgan fingerprint density at radius 2 is 1.90 bits per heavy atom. The Hall–Kier alpha value is -2.09. The molecule has 0 radical (unpaired) electrons. The number of esters is 1. The molecule has 1 saturated heterocycles. The van der Waals surface area contributed by atoms with Crippen LogP contribution in [0.3, 0.4) is 0 Å². The van der Waals surface area contributed by atoms with Gasteiger partial charge in [-0.3, -0.25) is 9.59 Å². The Kier molecular flexibility index (Phi) is 7.68. The van der Waals surface area contributed by atoms with E-state index in [-0.39, 0.29) is 36.7 Å². The molecule has 9 heteroatoms. The second kappa shape index (κ2) is 9.61. The van der Waals surface area contributed by atoms with Crippen LogP contribution in [0.4, 0.5) is 0 Å².